The lowest BCUT2D eigenvalue weighted by Gasteiger charge is -2.43. The van der Waals surface area contributed by atoms with Crippen LogP contribution in [0.25, 0.3) is 5.69 Å². The molecule has 0 aliphatic carbocycles. The van der Waals surface area contributed by atoms with Gasteiger partial charge in [0.25, 0.3) is 11.8 Å². The fourth-order valence-electron chi connectivity index (χ4n) is 3.97. The number of piperidine rings is 1. The molecule has 3 heterocycles. The highest BCUT2D eigenvalue weighted by Gasteiger charge is 2.46. The van der Waals surface area contributed by atoms with Crippen LogP contribution in [-0.2, 0) is 0 Å². The number of benzene rings is 1. The van der Waals surface area contributed by atoms with E-state index in [1.54, 1.807) is 19.1 Å². The molecule has 2 atom stereocenters. The zero-order chi connectivity index (χ0) is 22.9. The van der Waals surface area contributed by atoms with Crippen LogP contribution in [0.5, 0.6) is 0 Å². The number of aryl methyl sites for hydroxylation is 1. The molecule has 0 bridgehead atoms. The van der Waals surface area contributed by atoms with Crippen molar-refractivity contribution in [3.63, 3.8) is 0 Å². The first kappa shape index (κ1) is 22.1. The number of carbonyl (C=O) groups excluding carboxylic acids is 1. The van der Waals surface area contributed by atoms with Crippen LogP contribution >= 0.6 is 11.6 Å². The van der Waals surface area contributed by atoms with Gasteiger partial charge in [-0.15, -0.1) is 0 Å². The Bertz CT molecular complexity index is 1090. The minimum absolute atomic E-state index is 0.214. The summed E-state index contributed by atoms with van der Waals surface area (Å²) < 4.78 is 29.1. The lowest BCUT2D eigenvalue weighted by atomic mass is 9.87. The van der Waals surface area contributed by atoms with Crippen molar-refractivity contribution in [1.82, 2.24) is 29.9 Å². The fraction of sp³-hybridized carbons (Fsp3) is 0.381. The second-order valence-corrected chi connectivity index (χ2v) is 8.42. The fourth-order valence-corrected chi connectivity index (χ4v) is 4.07. The van der Waals surface area contributed by atoms with Crippen molar-refractivity contribution in [1.29, 1.82) is 0 Å². The average Bonchev–Trinajstić information content (AvgIpc) is 3.27. The molecule has 8 nitrogen and oxygen atoms in total. The molecular formula is C21H22ClF2N7O. The summed E-state index contributed by atoms with van der Waals surface area (Å²) in [5.74, 6) is -3.64. The smallest absolute Gasteiger partial charge is 0.265 e. The monoisotopic (exact) mass is 461 g/mol. The van der Waals surface area contributed by atoms with Crippen molar-refractivity contribution in [2.75, 3.05) is 18.4 Å². The van der Waals surface area contributed by atoms with Crippen molar-refractivity contribution in [3.05, 3.63) is 59.1 Å². The minimum atomic E-state index is -2.99. The van der Waals surface area contributed by atoms with Gasteiger partial charge in [-0.25, -0.2) is 18.7 Å². The first-order chi connectivity index (χ1) is 15.2. The van der Waals surface area contributed by atoms with Crippen molar-refractivity contribution in [2.45, 2.75) is 32.2 Å². The standard InChI is InChI=1S/C21H22ClF2N7O/c1-13-3-4-17(31-28-5-6-29-31)16(7-13)19(32)30-12-21(23,24)8-14(2)18(30)11-27-20-25-9-15(22)10-26-20/h3-7,9-10,14,18H,8,11-12H2,1-2H3,(H,25,26,27)/t14-,18-/m1/s1. The number of nitrogens with one attached hydrogen (secondary N) is 1. The number of amides is 1. The van der Waals surface area contributed by atoms with Gasteiger partial charge in [0.1, 0.15) is 0 Å². The van der Waals surface area contributed by atoms with E-state index in [1.165, 1.54) is 34.5 Å². The average molecular weight is 462 g/mol. The zero-order valence-electron chi connectivity index (χ0n) is 17.5. The van der Waals surface area contributed by atoms with Crippen LogP contribution in [-0.4, -0.2) is 60.8 Å². The molecule has 2 aromatic heterocycles. The molecule has 3 aromatic rings. The van der Waals surface area contributed by atoms with Gasteiger partial charge in [-0.2, -0.15) is 15.0 Å². The molecule has 1 aliphatic heterocycles. The second kappa shape index (κ2) is 8.78. The maximum atomic E-state index is 14.5. The molecule has 1 aromatic carbocycles. The molecule has 168 valence electrons. The van der Waals surface area contributed by atoms with Crippen LogP contribution in [0, 0.1) is 12.8 Å². The van der Waals surface area contributed by atoms with Gasteiger partial charge >= 0.3 is 0 Å². The molecule has 0 unspecified atom stereocenters. The van der Waals surface area contributed by atoms with Crippen LogP contribution in [0.2, 0.25) is 5.02 Å². The third kappa shape index (κ3) is 4.69. The Morgan fingerprint density at radius 3 is 2.62 bits per heavy atom. The van der Waals surface area contributed by atoms with Crippen molar-refractivity contribution in [2.24, 2.45) is 5.92 Å². The molecule has 1 aliphatic rings. The van der Waals surface area contributed by atoms with E-state index in [1.807, 2.05) is 13.0 Å². The summed E-state index contributed by atoms with van der Waals surface area (Å²) in [7, 11) is 0. The highest BCUT2D eigenvalue weighted by Crippen LogP contribution is 2.35. The molecule has 1 N–H and O–H groups in total. The van der Waals surface area contributed by atoms with Crippen LogP contribution in [0.4, 0.5) is 14.7 Å². The lowest BCUT2D eigenvalue weighted by Crippen LogP contribution is -2.57. The summed E-state index contributed by atoms with van der Waals surface area (Å²) >= 11 is 5.82. The van der Waals surface area contributed by atoms with Crippen molar-refractivity contribution in [3.8, 4) is 5.69 Å². The first-order valence-electron chi connectivity index (χ1n) is 10.1. The van der Waals surface area contributed by atoms with Gasteiger partial charge in [0.2, 0.25) is 5.95 Å². The number of likely N-dealkylation sites (tertiary alicyclic amines) is 1. The van der Waals surface area contributed by atoms with Crippen LogP contribution < -0.4 is 5.32 Å². The maximum Gasteiger partial charge on any atom is 0.265 e. The van der Waals surface area contributed by atoms with Gasteiger partial charge in [-0.05, 0) is 25.0 Å². The predicted molar refractivity (Wildman–Crippen MR) is 115 cm³/mol. The Balaban J connectivity index is 1.65. The summed E-state index contributed by atoms with van der Waals surface area (Å²) in [6.07, 6.45) is 5.54. The van der Waals surface area contributed by atoms with E-state index in [9.17, 15) is 13.6 Å². The highest BCUT2D eigenvalue weighted by molar-refractivity contribution is 6.30. The zero-order valence-corrected chi connectivity index (χ0v) is 18.3. The number of hydrogen-bond acceptors (Lipinski definition) is 6. The van der Waals surface area contributed by atoms with E-state index in [0.29, 0.717) is 16.7 Å². The molecule has 1 fully saturated rings. The lowest BCUT2D eigenvalue weighted by molar-refractivity contribution is -0.0897. The second-order valence-electron chi connectivity index (χ2n) is 7.98. The number of alkyl halides is 2. The van der Waals surface area contributed by atoms with Crippen molar-refractivity contribution >= 4 is 23.5 Å². The number of carbonyl (C=O) groups is 1. The van der Waals surface area contributed by atoms with E-state index in [2.05, 4.69) is 25.5 Å². The van der Waals surface area contributed by atoms with Gasteiger partial charge in [0.05, 0.1) is 53.6 Å². The normalized spacial score (nSPS) is 20.2. The van der Waals surface area contributed by atoms with Gasteiger partial charge in [0, 0.05) is 13.0 Å². The van der Waals surface area contributed by atoms with Gasteiger partial charge in [-0.3, -0.25) is 4.79 Å². The maximum absolute atomic E-state index is 14.5. The van der Waals surface area contributed by atoms with Gasteiger partial charge in [-0.1, -0.05) is 30.2 Å². The van der Waals surface area contributed by atoms with Gasteiger partial charge in [0.15, 0.2) is 0 Å². The number of aromatic nitrogens is 5. The Hall–Kier alpha value is -3.14. The number of nitrogens with zero attached hydrogens (tertiary/aromatic N) is 6. The number of halogens is 3. The summed E-state index contributed by atoms with van der Waals surface area (Å²) in [5, 5.41) is 11.6. The van der Waals surface area contributed by atoms with E-state index in [-0.39, 0.29) is 18.5 Å². The molecule has 0 saturated carbocycles. The van der Waals surface area contributed by atoms with Crippen molar-refractivity contribution < 1.29 is 13.6 Å². The SMILES string of the molecule is Cc1ccc(-n2nccn2)c(C(=O)N2CC(F)(F)C[C@@H](C)[C@H]2CNc2ncc(Cl)cn2)c1. The van der Waals surface area contributed by atoms with Crippen LogP contribution in [0.1, 0.15) is 29.3 Å². The molecular weight excluding hydrogens is 440 g/mol. The van der Waals surface area contributed by atoms with E-state index in [4.69, 9.17) is 11.6 Å². The summed E-state index contributed by atoms with van der Waals surface area (Å²) in [4.78, 5) is 24.3. The molecule has 11 heteroatoms. The summed E-state index contributed by atoms with van der Waals surface area (Å²) in [6.45, 7) is 3.09. The largest absolute Gasteiger partial charge is 0.352 e. The third-order valence-electron chi connectivity index (χ3n) is 5.45. The predicted octanol–water partition coefficient (Wildman–Crippen LogP) is 3.62. The summed E-state index contributed by atoms with van der Waals surface area (Å²) in [5.41, 5.74) is 1.52. The minimum Gasteiger partial charge on any atom is -0.352 e. The summed E-state index contributed by atoms with van der Waals surface area (Å²) in [6, 6.07) is 4.70. The molecule has 1 amide bonds. The first-order valence-corrected chi connectivity index (χ1v) is 10.5. The van der Waals surface area contributed by atoms with E-state index < -0.39 is 30.3 Å². The Morgan fingerprint density at radius 2 is 1.94 bits per heavy atom. The molecule has 0 spiro atoms. The molecule has 1 saturated heterocycles. The quantitative estimate of drug-likeness (QED) is 0.624. The highest BCUT2D eigenvalue weighted by atomic mass is 35.5. The third-order valence-corrected chi connectivity index (χ3v) is 5.64. The van der Waals surface area contributed by atoms with Gasteiger partial charge < -0.3 is 10.2 Å². The molecule has 4 rings (SSSR count). The Labute approximate surface area is 188 Å². The van der Waals surface area contributed by atoms with E-state index in [0.717, 1.165) is 5.56 Å². The topological polar surface area (TPSA) is 88.8 Å². The molecule has 0 radical (unpaired) electrons. The number of anilines is 1. The Kier molecular flexibility index (Phi) is 6.05. The molecule has 32 heavy (non-hydrogen) atoms. The van der Waals surface area contributed by atoms with Crippen LogP contribution in [0.15, 0.2) is 43.0 Å². The Morgan fingerprint density at radius 1 is 1.25 bits per heavy atom. The van der Waals surface area contributed by atoms with Crippen LogP contribution in [0.3, 0.4) is 0 Å². The number of hydrogen-bond donors (Lipinski definition) is 1. The number of rotatable bonds is 5. The van der Waals surface area contributed by atoms with E-state index >= 15 is 0 Å².